The molecule has 2 rings (SSSR count). The van der Waals surface area contributed by atoms with Gasteiger partial charge in [-0.25, -0.2) is 4.79 Å². The zero-order valence-corrected chi connectivity index (χ0v) is 15.6. The number of halogens is 1. The van der Waals surface area contributed by atoms with Gasteiger partial charge in [0.25, 0.3) is 0 Å². The van der Waals surface area contributed by atoms with Crippen molar-refractivity contribution >= 4 is 23.4 Å². The standard InChI is InChI=1S/C17H23ClN2O5/c1-11-9-14(20(22)23)15(10-13(11)18)24-12-5-7-19(8-6-12)16(21)25-17(2,3)4/h9-10,12H,5-8H2,1-4H3. The molecule has 0 saturated carbocycles. The summed E-state index contributed by atoms with van der Waals surface area (Å²) in [7, 11) is 0. The van der Waals surface area contributed by atoms with Gasteiger partial charge in [-0.3, -0.25) is 10.1 Å². The molecule has 1 fully saturated rings. The van der Waals surface area contributed by atoms with E-state index in [4.69, 9.17) is 21.1 Å². The molecule has 1 heterocycles. The van der Waals surface area contributed by atoms with Crippen LogP contribution in [0.4, 0.5) is 10.5 Å². The van der Waals surface area contributed by atoms with Crippen molar-refractivity contribution in [1.29, 1.82) is 0 Å². The minimum absolute atomic E-state index is 0.100. The van der Waals surface area contributed by atoms with Crippen molar-refractivity contribution in [3.8, 4) is 5.75 Å². The van der Waals surface area contributed by atoms with Crippen molar-refractivity contribution < 1.29 is 19.2 Å². The number of nitrogens with zero attached hydrogens (tertiary/aromatic N) is 2. The van der Waals surface area contributed by atoms with E-state index >= 15 is 0 Å². The van der Waals surface area contributed by atoms with Gasteiger partial charge in [0.2, 0.25) is 0 Å². The predicted molar refractivity (Wildman–Crippen MR) is 94.3 cm³/mol. The Labute approximate surface area is 152 Å². The maximum absolute atomic E-state index is 12.1. The number of likely N-dealkylation sites (tertiary alicyclic amines) is 1. The lowest BCUT2D eigenvalue weighted by Crippen LogP contribution is -2.44. The highest BCUT2D eigenvalue weighted by Gasteiger charge is 2.29. The summed E-state index contributed by atoms with van der Waals surface area (Å²) in [5.74, 6) is 0.163. The second kappa shape index (κ2) is 7.47. The third kappa shape index (κ3) is 5.22. The normalized spacial score (nSPS) is 15.8. The fraction of sp³-hybridized carbons (Fsp3) is 0.588. The molecule has 0 N–H and O–H groups in total. The van der Waals surface area contributed by atoms with Crippen LogP contribution in [0.3, 0.4) is 0 Å². The van der Waals surface area contributed by atoms with Crippen LogP contribution in [-0.2, 0) is 4.74 Å². The van der Waals surface area contributed by atoms with Crippen LogP contribution >= 0.6 is 11.6 Å². The van der Waals surface area contributed by atoms with Crippen molar-refractivity contribution in [3.05, 3.63) is 32.8 Å². The van der Waals surface area contributed by atoms with E-state index in [0.29, 0.717) is 36.5 Å². The van der Waals surface area contributed by atoms with E-state index in [9.17, 15) is 14.9 Å². The Morgan fingerprint density at radius 1 is 1.32 bits per heavy atom. The molecule has 0 bridgehead atoms. The van der Waals surface area contributed by atoms with Gasteiger partial charge in [0.15, 0.2) is 5.75 Å². The van der Waals surface area contributed by atoms with E-state index < -0.39 is 10.5 Å². The molecule has 1 amide bonds. The van der Waals surface area contributed by atoms with Crippen LogP contribution in [0, 0.1) is 17.0 Å². The third-order valence-corrected chi connectivity index (χ3v) is 4.23. The lowest BCUT2D eigenvalue weighted by atomic mass is 10.1. The second-order valence-corrected chi connectivity index (χ2v) is 7.52. The number of amides is 1. The minimum atomic E-state index is -0.538. The fourth-order valence-corrected chi connectivity index (χ4v) is 2.70. The van der Waals surface area contributed by atoms with E-state index in [-0.39, 0.29) is 23.6 Å². The number of benzene rings is 1. The number of carbonyl (C=O) groups excluding carboxylic acids is 1. The topological polar surface area (TPSA) is 81.9 Å². The van der Waals surface area contributed by atoms with Gasteiger partial charge < -0.3 is 14.4 Å². The van der Waals surface area contributed by atoms with E-state index in [1.54, 1.807) is 11.8 Å². The van der Waals surface area contributed by atoms with Crippen molar-refractivity contribution in [2.45, 2.75) is 52.2 Å². The number of piperidine rings is 1. The first-order valence-corrected chi connectivity index (χ1v) is 8.54. The van der Waals surface area contributed by atoms with Crippen LogP contribution in [0.1, 0.15) is 39.2 Å². The number of carbonyl (C=O) groups is 1. The van der Waals surface area contributed by atoms with E-state index in [2.05, 4.69) is 0 Å². The zero-order chi connectivity index (χ0) is 18.8. The summed E-state index contributed by atoms with van der Waals surface area (Å²) in [5.41, 5.74) is -0.0131. The van der Waals surface area contributed by atoms with Crippen molar-refractivity contribution in [2.24, 2.45) is 0 Å². The molecule has 1 aliphatic heterocycles. The summed E-state index contributed by atoms with van der Waals surface area (Å²) in [6.45, 7) is 8.13. The molecule has 25 heavy (non-hydrogen) atoms. The number of nitro groups is 1. The highest BCUT2D eigenvalue weighted by Crippen LogP contribution is 2.34. The molecule has 0 unspecified atom stereocenters. The van der Waals surface area contributed by atoms with Crippen LogP contribution < -0.4 is 4.74 Å². The Balaban J connectivity index is 2.00. The summed E-state index contributed by atoms with van der Waals surface area (Å²) in [4.78, 5) is 24.4. The fourth-order valence-electron chi connectivity index (χ4n) is 2.55. The molecule has 0 atom stereocenters. The number of nitro benzene ring substituents is 1. The van der Waals surface area contributed by atoms with Crippen LogP contribution in [0.15, 0.2) is 12.1 Å². The first-order chi connectivity index (χ1) is 11.6. The Morgan fingerprint density at radius 2 is 1.92 bits per heavy atom. The Kier molecular flexibility index (Phi) is 5.77. The molecule has 7 nitrogen and oxygen atoms in total. The number of aryl methyl sites for hydroxylation is 1. The highest BCUT2D eigenvalue weighted by atomic mass is 35.5. The first-order valence-electron chi connectivity index (χ1n) is 8.16. The number of hydrogen-bond donors (Lipinski definition) is 0. The van der Waals surface area contributed by atoms with Gasteiger partial charge in [0, 0.05) is 43.1 Å². The van der Waals surface area contributed by atoms with Gasteiger partial charge in [-0.05, 0) is 33.3 Å². The van der Waals surface area contributed by atoms with Crippen molar-refractivity contribution in [3.63, 3.8) is 0 Å². The summed E-state index contributed by atoms with van der Waals surface area (Å²) in [6.07, 6.45) is 0.579. The zero-order valence-electron chi connectivity index (χ0n) is 14.9. The molecular weight excluding hydrogens is 348 g/mol. The van der Waals surface area contributed by atoms with Crippen molar-refractivity contribution in [1.82, 2.24) is 4.90 Å². The lowest BCUT2D eigenvalue weighted by Gasteiger charge is -2.33. The van der Waals surface area contributed by atoms with Gasteiger partial charge in [0.1, 0.15) is 11.7 Å². The number of ether oxygens (including phenoxy) is 2. The third-order valence-electron chi connectivity index (χ3n) is 3.82. The second-order valence-electron chi connectivity index (χ2n) is 7.11. The van der Waals surface area contributed by atoms with Crippen molar-refractivity contribution in [2.75, 3.05) is 13.1 Å². The van der Waals surface area contributed by atoms with Gasteiger partial charge >= 0.3 is 11.8 Å². The van der Waals surface area contributed by atoms with Crippen LogP contribution in [0.5, 0.6) is 5.75 Å². The van der Waals surface area contributed by atoms with Gasteiger partial charge in [0.05, 0.1) is 4.92 Å². The van der Waals surface area contributed by atoms with E-state index in [1.165, 1.54) is 12.1 Å². The molecular formula is C17H23ClN2O5. The molecule has 138 valence electrons. The Hall–Kier alpha value is -2.02. The lowest BCUT2D eigenvalue weighted by molar-refractivity contribution is -0.386. The monoisotopic (exact) mass is 370 g/mol. The predicted octanol–water partition coefficient (Wildman–Crippen LogP) is 4.33. The quantitative estimate of drug-likeness (QED) is 0.584. The highest BCUT2D eigenvalue weighted by molar-refractivity contribution is 6.31. The maximum Gasteiger partial charge on any atom is 0.410 e. The molecule has 0 aliphatic carbocycles. The molecule has 1 aliphatic rings. The molecule has 1 aromatic rings. The smallest absolute Gasteiger partial charge is 0.410 e. The minimum Gasteiger partial charge on any atom is -0.483 e. The average Bonchev–Trinajstić information content (AvgIpc) is 2.49. The molecule has 1 saturated heterocycles. The molecule has 0 spiro atoms. The molecule has 8 heteroatoms. The maximum atomic E-state index is 12.1. The summed E-state index contributed by atoms with van der Waals surface area (Å²) < 4.78 is 11.2. The average molecular weight is 371 g/mol. The Bertz CT molecular complexity index is 664. The van der Waals surface area contributed by atoms with Crippen LogP contribution in [0.2, 0.25) is 5.02 Å². The van der Waals surface area contributed by atoms with Gasteiger partial charge in [-0.2, -0.15) is 0 Å². The summed E-state index contributed by atoms with van der Waals surface area (Å²) in [6, 6.07) is 2.89. The van der Waals surface area contributed by atoms with E-state index in [0.717, 1.165) is 0 Å². The first kappa shape index (κ1) is 19.3. The SMILES string of the molecule is Cc1cc([N+](=O)[O-])c(OC2CCN(C(=O)OC(C)(C)C)CC2)cc1Cl. The number of hydrogen-bond acceptors (Lipinski definition) is 5. The molecule has 0 radical (unpaired) electrons. The summed E-state index contributed by atoms with van der Waals surface area (Å²) >= 11 is 6.06. The van der Waals surface area contributed by atoms with Gasteiger partial charge in [-0.1, -0.05) is 11.6 Å². The number of rotatable bonds is 3. The van der Waals surface area contributed by atoms with Gasteiger partial charge in [-0.15, -0.1) is 0 Å². The van der Waals surface area contributed by atoms with E-state index in [1.807, 2.05) is 20.8 Å². The largest absolute Gasteiger partial charge is 0.483 e. The van der Waals surface area contributed by atoms with Crippen LogP contribution in [0.25, 0.3) is 0 Å². The van der Waals surface area contributed by atoms with Crippen LogP contribution in [-0.4, -0.2) is 40.7 Å². The Morgan fingerprint density at radius 3 is 2.44 bits per heavy atom. The summed E-state index contributed by atoms with van der Waals surface area (Å²) in [5, 5.41) is 11.6. The molecule has 0 aromatic heterocycles. The molecule has 1 aromatic carbocycles.